The van der Waals surface area contributed by atoms with E-state index in [2.05, 4.69) is 15.2 Å². The van der Waals surface area contributed by atoms with E-state index in [0.29, 0.717) is 18.0 Å². The molecule has 0 spiro atoms. The molecule has 0 radical (unpaired) electrons. The Bertz CT molecular complexity index is 743. The molecule has 6 nitrogen and oxygen atoms in total. The van der Waals surface area contributed by atoms with Crippen LogP contribution in [-0.2, 0) is 6.54 Å². The van der Waals surface area contributed by atoms with Gasteiger partial charge in [-0.2, -0.15) is 0 Å². The van der Waals surface area contributed by atoms with Gasteiger partial charge in [0.05, 0.1) is 19.3 Å². The number of carbonyl (C=O) groups is 1. The SMILES string of the molecule is O=C(NC[C@@H]1COc2ccccc2O1)c1cnc(CN2CCCC2)s1. The van der Waals surface area contributed by atoms with E-state index in [1.165, 1.54) is 24.2 Å². The number of likely N-dealkylation sites (tertiary alicyclic amines) is 1. The average molecular weight is 359 g/mol. The summed E-state index contributed by atoms with van der Waals surface area (Å²) in [7, 11) is 0. The van der Waals surface area contributed by atoms with Gasteiger partial charge in [-0.15, -0.1) is 11.3 Å². The highest BCUT2D eigenvalue weighted by atomic mass is 32.1. The fraction of sp³-hybridized carbons (Fsp3) is 0.444. The van der Waals surface area contributed by atoms with E-state index in [1.807, 2.05) is 24.3 Å². The predicted octanol–water partition coefficient (Wildman–Crippen LogP) is 2.31. The number of nitrogens with zero attached hydrogens (tertiary/aromatic N) is 2. The number of hydrogen-bond acceptors (Lipinski definition) is 6. The first-order chi connectivity index (χ1) is 12.3. The molecule has 1 fully saturated rings. The average Bonchev–Trinajstić information content (AvgIpc) is 3.32. The topological polar surface area (TPSA) is 63.7 Å². The summed E-state index contributed by atoms with van der Waals surface area (Å²) >= 11 is 1.47. The molecule has 0 unspecified atom stereocenters. The lowest BCUT2D eigenvalue weighted by Gasteiger charge is -2.26. The minimum absolute atomic E-state index is 0.104. The summed E-state index contributed by atoms with van der Waals surface area (Å²) in [4.78, 5) is 19.7. The number of hydrogen-bond donors (Lipinski definition) is 1. The number of fused-ring (bicyclic) bond motifs is 1. The van der Waals surface area contributed by atoms with E-state index in [0.717, 1.165) is 36.1 Å². The van der Waals surface area contributed by atoms with Crippen LogP contribution in [0, 0.1) is 0 Å². The second kappa shape index (κ2) is 7.41. The van der Waals surface area contributed by atoms with Crippen molar-refractivity contribution in [3.8, 4) is 11.5 Å². The van der Waals surface area contributed by atoms with Gasteiger partial charge in [0.1, 0.15) is 22.6 Å². The molecule has 1 aromatic heterocycles. The van der Waals surface area contributed by atoms with Crippen LogP contribution in [0.4, 0.5) is 0 Å². The Kier molecular flexibility index (Phi) is 4.85. The summed E-state index contributed by atoms with van der Waals surface area (Å²) in [5.41, 5.74) is 0. The Morgan fingerprint density at radius 3 is 2.92 bits per heavy atom. The van der Waals surface area contributed by atoms with Crippen LogP contribution in [0.3, 0.4) is 0 Å². The van der Waals surface area contributed by atoms with Crippen LogP contribution in [0.25, 0.3) is 0 Å². The molecule has 1 amide bonds. The van der Waals surface area contributed by atoms with Gasteiger partial charge in [-0.05, 0) is 38.1 Å². The van der Waals surface area contributed by atoms with Crippen molar-refractivity contribution < 1.29 is 14.3 Å². The molecule has 0 bridgehead atoms. The van der Waals surface area contributed by atoms with Gasteiger partial charge in [0, 0.05) is 0 Å². The van der Waals surface area contributed by atoms with Crippen molar-refractivity contribution in [2.75, 3.05) is 26.2 Å². The van der Waals surface area contributed by atoms with Gasteiger partial charge in [-0.1, -0.05) is 12.1 Å². The summed E-state index contributed by atoms with van der Waals surface area (Å²) in [5.74, 6) is 1.37. The number of para-hydroxylation sites is 2. The zero-order valence-corrected chi connectivity index (χ0v) is 14.8. The molecule has 2 aliphatic rings. The highest BCUT2D eigenvalue weighted by Gasteiger charge is 2.22. The number of benzene rings is 1. The molecule has 7 heteroatoms. The minimum atomic E-state index is -0.184. The minimum Gasteiger partial charge on any atom is -0.486 e. The Labute approximate surface area is 150 Å². The molecule has 0 saturated carbocycles. The number of rotatable bonds is 5. The van der Waals surface area contributed by atoms with Crippen molar-refractivity contribution in [3.05, 3.63) is 40.3 Å². The van der Waals surface area contributed by atoms with Gasteiger partial charge in [-0.25, -0.2) is 4.98 Å². The van der Waals surface area contributed by atoms with E-state index >= 15 is 0 Å². The lowest BCUT2D eigenvalue weighted by Crippen LogP contribution is -2.40. The van der Waals surface area contributed by atoms with Crippen molar-refractivity contribution in [1.29, 1.82) is 0 Å². The molecule has 2 aromatic rings. The highest BCUT2D eigenvalue weighted by Crippen LogP contribution is 2.30. The molecule has 132 valence electrons. The van der Waals surface area contributed by atoms with Gasteiger partial charge >= 0.3 is 0 Å². The van der Waals surface area contributed by atoms with E-state index < -0.39 is 0 Å². The number of amides is 1. The molecule has 4 rings (SSSR count). The summed E-state index contributed by atoms with van der Waals surface area (Å²) in [5, 5.41) is 3.92. The summed E-state index contributed by atoms with van der Waals surface area (Å²) in [6.45, 7) is 3.93. The van der Waals surface area contributed by atoms with Crippen LogP contribution >= 0.6 is 11.3 Å². The van der Waals surface area contributed by atoms with Crippen molar-refractivity contribution in [1.82, 2.24) is 15.2 Å². The fourth-order valence-corrected chi connectivity index (χ4v) is 3.95. The number of ether oxygens (including phenoxy) is 2. The third-order valence-corrected chi connectivity index (χ3v) is 5.37. The van der Waals surface area contributed by atoms with Gasteiger partial charge in [0.25, 0.3) is 5.91 Å². The Balaban J connectivity index is 1.28. The molecule has 1 atom stereocenters. The maximum absolute atomic E-state index is 12.3. The third-order valence-electron chi connectivity index (χ3n) is 4.39. The molecule has 25 heavy (non-hydrogen) atoms. The van der Waals surface area contributed by atoms with E-state index in [1.54, 1.807) is 6.20 Å². The molecule has 1 N–H and O–H groups in total. The van der Waals surface area contributed by atoms with Gasteiger partial charge in [0.15, 0.2) is 11.5 Å². The Morgan fingerprint density at radius 1 is 1.28 bits per heavy atom. The van der Waals surface area contributed by atoms with Crippen LogP contribution in [0.1, 0.15) is 27.5 Å². The highest BCUT2D eigenvalue weighted by molar-refractivity contribution is 7.13. The molecular formula is C18H21N3O3S. The maximum atomic E-state index is 12.3. The van der Waals surface area contributed by atoms with Crippen LogP contribution in [0.2, 0.25) is 0 Å². The molecule has 1 saturated heterocycles. The largest absolute Gasteiger partial charge is 0.486 e. The van der Waals surface area contributed by atoms with Crippen LogP contribution < -0.4 is 14.8 Å². The summed E-state index contributed by atoms with van der Waals surface area (Å²) in [6, 6.07) is 7.57. The van der Waals surface area contributed by atoms with Crippen molar-refractivity contribution in [3.63, 3.8) is 0 Å². The predicted molar refractivity (Wildman–Crippen MR) is 95.3 cm³/mol. The first-order valence-corrected chi connectivity index (χ1v) is 9.43. The van der Waals surface area contributed by atoms with Crippen molar-refractivity contribution in [2.45, 2.75) is 25.5 Å². The van der Waals surface area contributed by atoms with Crippen molar-refractivity contribution >= 4 is 17.2 Å². The molecule has 2 aliphatic heterocycles. The zero-order chi connectivity index (χ0) is 17.1. The second-order valence-electron chi connectivity index (χ2n) is 6.31. The Morgan fingerprint density at radius 2 is 2.08 bits per heavy atom. The molecule has 1 aromatic carbocycles. The van der Waals surface area contributed by atoms with E-state index in [4.69, 9.17) is 9.47 Å². The van der Waals surface area contributed by atoms with Gasteiger partial charge < -0.3 is 14.8 Å². The molecule has 3 heterocycles. The standard InChI is InChI=1S/C18H21N3O3S/c22-18(16-10-19-17(25-16)11-21-7-3-4-8-21)20-9-13-12-23-14-5-1-2-6-15(14)24-13/h1-2,5-6,10,13H,3-4,7-9,11-12H2,(H,20,22)/t13-/m1/s1. The van der Waals surface area contributed by atoms with Crippen LogP contribution in [0.15, 0.2) is 30.5 Å². The number of nitrogens with one attached hydrogen (secondary N) is 1. The summed E-state index contributed by atoms with van der Waals surface area (Å²) < 4.78 is 11.5. The second-order valence-corrected chi connectivity index (χ2v) is 7.42. The first-order valence-electron chi connectivity index (χ1n) is 8.62. The number of thiazole rings is 1. The first kappa shape index (κ1) is 16.4. The van der Waals surface area contributed by atoms with Crippen molar-refractivity contribution in [2.24, 2.45) is 0 Å². The van der Waals surface area contributed by atoms with Gasteiger partial charge in [0.2, 0.25) is 0 Å². The van der Waals surface area contributed by atoms with Crippen LogP contribution in [0.5, 0.6) is 11.5 Å². The Hall–Kier alpha value is -2.12. The third kappa shape index (κ3) is 3.93. The normalized spacial score (nSPS) is 19.8. The monoisotopic (exact) mass is 359 g/mol. The van der Waals surface area contributed by atoms with Crippen LogP contribution in [-0.4, -0.2) is 48.1 Å². The lowest BCUT2D eigenvalue weighted by atomic mass is 10.2. The smallest absolute Gasteiger partial charge is 0.263 e. The van der Waals surface area contributed by atoms with Gasteiger partial charge in [-0.3, -0.25) is 9.69 Å². The van der Waals surface area contributed by atoms with E-state index in [-0.39, 0.29) is 12.0 Å². The number of aromatic nitrogens is 1. The molecule has 0 aliphatic carbocycles. The maximum Gasteiger partial charge on any atom is 0.263 e. The molecular weight excluding hydrogens is 338 g/mol. The zero-order valence-electron chi connectivity index (χ0n) is 13.9. The fourth-order valence-electron chi connectivity index (χ4n) is 3.08. The van der Waals surface area contributed by atoms with E-state index in [9.17, 15) is 4.79 Å². The quantitative estimate of drug-likeness (QED) is 0.888. The number of carbonyl (C=O) groups excluding carboxylic acids is 1. The lowest BCUT2D eigenvalue weighted by molar-refractivity contribution is 0.0791. The summed E-state index contributed by atoms with van der Waals surface area (Å²) in [6.07, 6.45) is 3.99.